The Kier molecular flexibility index (Phi) is 31.5. The zero-order valence-corrected chi connectivity index (χ0v) is 71.4. The third-order valence-electron chi connectivity index (χ3n) is 21.5. The minimum Gasteiger partial charge on any atom is -0.497 e. The van der Waals surface area contributed by atoms with Crippen LogP contribution in [0.5, 0.6) is 17.2 Å². The molecule has 10 amide bonds. The van der Waals surface area contributed by atoms with Crippen molar-refractivity contribution < 1.29 is 62.2 Å². The SMILES string of the molecule is CC(=O)N1C(CC(C)C)C(=O)N(C)C1c1ccc(Cl)cc1.CC(=O)N1C(CC(C)C)C(=O)N(C)C1c1ccccc1.CN1C(=O)C(Cc2cccnc2)N(C(=O)COc2ccccc2)C1c1ccccc1.COc1ccc(C2N(C)C(=O)C(CC(C)C)N2C(C)=O)cc1.COc1ccc(CC2C(=O)N(C)C(c3ccccc3)N2C(C)=O)cc1. The second-order valence-corrected chi connectivity index (χ2v) is 31.8. The lowest BCUT2D eigenvalue weighted by Crippen LogP contribution is -2.43. The molecular formula is C93H112ClN11O13. The van der Waals surface area contributed by atoms with Crippen molar-refractivity contribution in [1.82, 2.24) is 54.0 Å². The summed E-state index contributed by atoms with van der Waals surface area (Å²) >= 11 is 5.92. The highest BCUT2D eigenvalue weighted by Gasteiger charge is 2.51. The van der Waals surface area contributed by atoms with Crippen LogP contribution in [0.1, 0.15) is 158 Å². The van der Waals surface area contributed by atoms with Crippen molar-refractivity contribution in [3.8, 4) is 17.2 Å². The van der Waals surface area contributed by atoms with E-state index < -0.39 is 18.2 Å². The van der Waals surface area contributed by atoms with Gasteiger partial charge in [0, 0.05) is 93.2 Å². The van der Waals surface area contributed by atoms with Crippen LogP contribution in [0, 0.1) is 17.8 Å². The molecule has 10 unspecified atom stereocenters. The smallest absolute Gasteiger partial charge is 0.263 e. The maximum atomic E-state index is 13.3. The van der Waals surface area contributed by atoms with Crippen LogP contribution in [0.3, 0.4) is 0 Å². The molecule has 0 spiro atoms. The summed E-state index contributed by atoms with van der Waals surface area (Å²) in [6.45, 7) is 18.3. The zero-order valence-electron chi connectivity index (χ0n) is 70.6. The number of benzene rings is 7. The summed E-state index contributed by atoms with van der Waals surface area (Å²) < 4.78 is 16.0. The molecular weight excluding hydrogens is 1510 g/mol. The lowest BCUT2D eigenvalue weighted by Gasteiger charge is -2.30. The highest BCUT2D eigenvalue weighted by atomic mass is 35.5. The summed E-state index contributed by atoms with van der Waals surface area (Å²) in [5, 5.41) is 0.638. The molecule has 5 fully saturated rings. The Labute approximate surface area is 699 Å². The van der Waals surface area contributed by atoms with Crippen molar-refractivity contribution in [2.24, 2.45) is 17.8 Å². The van der Waals surface area contributed by atoms with Gasteiger partial charge in [0.2, 0.25) is 53.2 Å². The average Bonchev–Trinajstić information content (AvgIpc) is 1.64. The fourth-order valence-electron chi connectivity index (χ4n) is 16.1. The topological polar surface area (TPSA) is 244 Å². The van der Waals surface area contributed by atoms with Gasteiger partial charge in [0.15, 0.2) is 6.61 Å². The molecule has 5 aliphatic heterocycles. The predicted octanol–water partition coefficient (Wildman–Crippen LogP) is 13.6. The molecule has 0 aliphatic carbocycles. The Morgan fingerprint density at radius 2 is 0.636 bits per heavy atom. The fraction of sp³-hybridized carbons (Fsp3) is 0.387. The van der Waals surface area contributed by atoms with Gasteiger partial charge < -0.3 is 63.2 Å². The normalized spacial score (nSPS) is 20.8. The van der Waals surface area contributed by atoms with Gasteiger partial charge in [-0.25, -0.2) is 0 Å². The lowest BCUT2D eigenvalue weighted by molar-refractivity contribution is -0.138. The summed E-state index contributed by atoms with van der Waals surface area (Å²) in [5.74, 6) is 2.53. The van der Waals surface area contributed by atoms with Crippen LogP contribution in [0.4, 0.5) is 0 Å². The van der Waals surface area contributed by atoms with Crippen LogP contribution in [0.25, 0.3) is 0 Å². The predicted molar refractivity (Wildman–Crippen MR) is 452 cm³/mol. The first kappa shape index (κ1) is 90.0. The molecule has 7 aromatic carbocycles. The molecule has 6 heterocycles. The number of amides is 10. The number of pyridine rings is 1. The van der Waals surface area contributed by atoms with Crippen molar-refractivity contribution in [3.05, 3.63) is 263 Å². The monoisotopic (exact) mass is 1630 g/mol. The summed E-state index contributed by atoms with van der Waals surface area (Å²) in [5.41, 5.74) is 6.51. The first-order valence-electron chi connectivity index (χ1n) is 39.8. The van der Waals surface area contributed by atoms with Gasteiger partial charge in [-0.15, -0.1) is 0 Å². The first-order valence-corrected chi connectivity index (χ1v) is 40.2. The van der Waals surface area contributed by atoms with Crippen molar-refractivity contribution in [2.45, 2.75) is 162 Å². The molecule has 25 heteroatoms. The number of halogens is 1. The van der Waals surface area contributed by atoms with E-state index in [1.165, 1.54) is 27.7 Å². The summed E-state index contributed by atoms with van der Waals surface area (Å²) in [7, 11) is 12.0. The summed E-state index contributed by atoms with van der Waals surface area (Å²) in [4.78, 5) is 146. The van der Waals surface area contributed by atoms with Crippen LogP contribution in [-0.4, -0.2) is 199 Å². The third-order valence-corrected chi connectivity index (χ3v) is 21.8. The van der Waals surface area contributed by atoms with Crippen LogP contribution in [0.15, 0.2) is 219 Å². The second-order valence-electron chi connectivity index (χ2n) is 31.4. The number of aromatic nitrogens is 1. The van der Waals surface area contributed by atoms with Gasteiger partial charge in [-0.05, 0) is 131 Å². The zero-order chi connectivity index (χ0) is 85.9. The van der Waals surface area contributed by atoms with Crippen molar-refractivity contribution in [3.63, 3.8) is 0 Å². The first-order chi connectivity index (χ1) is 56.3. The molecule has 24 nitrogen and oxygen atoms in total. The van der Waals surface area contributed by atoms with E-state index in [0.717, 1.165) is 50.4 Å². The number of carbonyl (C=O) groups excluding carboxylic acids is 10. The van der Waals surface area contributed by atoms with E-state index in [-0.39, 0.29) is 108 Å². The van der Waals surface area contributed by atoms with Crippen molar-refractivity contribution in [1.29, 1.82) is 0 Å². The van der Waals surface area contributed by atoms with Crippen molar-refractivity contribution in [2.75, 3.05) is 56.1 Å². The molecule has 118 heavy (non-hydrogen) atoms. The second kappa shape index (κ2) is 41.3. The van der Waals surface area contributed by atoms with E-state index in [1.54, 1.807) is 135 Å². The molecule has 8 aromatic rings. The molecule has 624 valence electrons. The number of carbonyl (C=O) groups is 10. The molecule has 5 aliphatic rings. The number of rotatable bonds is 20. The van der Waals surface area contributed by atoms with Gasteiger partial charge >= 0.3 is 0 Å². The number of hydrogen-bond donors (Lipinski definition) is 0. The Bertz CT molecular complexity index is 4710. The lowest BCUT2D eigenvalue weighted by atomic mass is 10.0. The van der Waals surface area contributed by atoms with E-state index in [9.17, 15) is 47.9 Å². The molecule has 13 rings (SSSR count). The average molecular weight is 1630 g/mol. The van der Waals surface area contributed by atoms with Crippen LogP contribution >= 0.6 is 11.6 Å². The number of para-hydroxylation sites is 1. The van der Waals surface area contributed by atoms with Gasteiger partial charge in [0.05, 0.1) is 14.2 Å². The van der Waals surface area contributed by atoms with Gasteiger partial charge in [-0.2, -0.15) is 0 Å². The highest BCUT2D eigenvalue weighted by molar-refractivity contribution is 6.30. The number of likely N-dealkylation sites (N-methyl/N-ethyl adjacent to an activating group) is 5. The molecule has 0 radical (unpaired) electrons. The largest absolute Gasteiger partial charge is 0.497 e. The molecule has 1 aromatic heterocycles. The Morgan fingerprint density at radius 3 is 0.958 bits per heavy atom. The molecule has 0 N–H and O–H groups in total. The van der Waals surface area contributed by atoms with Gasteiger partial charge in [0.25, 0.3) is 5.91 Å². The quantitative estimate of drug-likeness (QED) is 0.0689. The summed E-state index contributed by atoms with van der Waals surface area (Å²) in [6, 6.07) is 62.1. The maximum Gasteiger partial charge on any atom is 0.263 e. The standard InChI is InChI=1S/C24H23N3O3.C20H22N2O3.C17H24N2O3.C16H21ClN2O2.C16H22N2O2/c1-26-23(19-10-4-2-5-11-19)27(22(28)17-30-20-12-6-3-7-13-20)21(24(26)29)15-18-9-8-14-25-16-18;1-14(23)22-18(13-15-9-11-17(25-3)12-10-15)20(24)21(2)19(22)16-7-5-4-6-8-16;1-11(2)10-15-17(21)18(4)16(19(15)12(3)20)13-6-8-14(22-5)9-7-13;1-10(2)9-14-16(21)18(4)15(19(14)11(3)20)12-5-7-13(17)8-6-12;1-11(2)10-14-16(20)17(4)15(18(14)12(3)19)13-8-6-5-7-9-13/h2-14,16,21,23H,15,17H2,1H3;4-12,18-19H,13H2,1-3H3;6-9,11,15-16H,10H2,1-5H3;5-8,10,14-15H,9H2,1-4H3;5-9,11,14-15H,10H2,1-4H3. The number of hydrogen-bond acceptors (Lipinski definition) is 14. The van der Waals surface area contributed by atoms with Gasteiger partial charge in [0.1, 0.15) is 78.3 Å². The fourth-order valence-corrected chi connectivity index (χ4v) is 16.2. The minimum atomic E-state index is -0.615. The van der Waals surface area contributed by atoms with E-state index >= 15 is 0 Å². The Hall–Kier alpha value is -11.9. The van der Waals surface area contributed by atoms with Gasteiger partial charge in [-0.1, -0.05) is 205 Å². The van der Waals surface area contributed by atoms with E-state index in [2.05, 4.69) is 46.5 Å². The third kappa shape index (κ3) is 21.4. The molecule has 0 saturated carbocycles. The number of nitrogens with zero attached hydrogens (tertiary/aromatic N) is 11. The minimum absolute atomic E-state index is 0.00106. The maximum absolute atomic E-state index is 13.3. The van der Waals surface area contributed by atoms with Crippen LogP contribution in [-0.2, 0) is 60.8 Å². The molecule has 10 atom stereocenters. The van der Waals surface area contributed by atoms with Crippen molar-refractivity contribution >= 4 is 70.7 Å². The highest BCUT2D eigenvalue weighted by Crippen LogP contribution is 2.42. The number of methoxy groups -OCH3 is 2. The van der Waals surface area contributed by atoms with E-state index in [4.69, 9.17) is 25.8 Å². The Balaban J connectivity index is 0.000000170. The molecule has 0 bridgehead atoms. The van der Waals surface area contributed by atoms with Crippen LogP contribution in [0.2, 0.25) is 5.02 Å². The van der Waals surface area contributed by atoms with Gasteiger partial charge in [-0.3, -0.25) is 52.9 Å². The summed E-state index contributed by atoms with van der Waals surface area (Å²) in [6.07, 6.45) is 4.52. The number of ether oxygens (including phenoxy) is 3. The van der Waals surface area contributed by atoms with E-state index in [0.29, 0.717) is 60.6 Å². The molecule has 5 saturated heterocycles. The Morgan fingerprint density at radius 1 is 0.347 bits per heavy atom. The van der Waals surface area contributed by atoms with Crippen LogP contribution < -0.4 is 14.2 Å². The van der Waals surface area contributed by atoms with E-state index in [1.807, 2.05) is 182 Å².